The highest BCUT2D eigenvalue weighted by molar-refractivity contribution is 9.10. The van der Waals surface area contributed by atoms with Crippen LogP contribution in [0.1, 0.15) is 11.8 Å². The van der Waals surface area contributed by atoms with Crippen molar-refractivity contribution in [1.82, 2.24) is 0 Å². The molecule has 2 nitrogen and oxygen atoms in total. The second-order valence-corrected chi connectivity index (χ2v) is 4.02. The van der Waals surface area contributed by atoms with Gasteiger partial charge in [0.15, 0.2) is 0 Å². The van der Waals surface area contributed by atoms with Gasteiger partial charge >= 0.3 is 5.97 Å². The third-order valence-corrected chi connectivity index (χ3v) is 3.14. The molecule has 0 fully saturated rings. The third-order valence-electron chi connectivity index (χ3n) is 1.30. The van der Waals surface area contributed by atoms with Crippen molar-refractivity contribution in [1.29, 1.82) is 0 Å². The van der Waals surface area contributed by atoms with Crippen LogP contribution < -0.4 is 0 Å². The molecule has 1 heterocycles. The number of hydrogen-bond donors (Lipinski definition) is 0. The predicted octanol–water partition coefficient (Wildman–Crippen LogP) is 3.09. The van der Waals surface area contributed by atoms with E-state index in [1.807, 2.05) is 11.4 Å². The number of rotatable bonds is 3. The molecule has 0 aliphatic carbocycles. The van der Waals surface area contributed by atoms with E-state index in [-0.39, 0.29) is 5.97 Å². The molecule has 0 bridgehead atoms. The van der Waals surface area contributed by atoms with Crippen LogP contribution in [0.15, 0.2) is 22.0 Å². The Bertz CT molecular complexity index is 317. The molecule has 0 saturated carbocycles. The second kappa shape index (κ2) is 5.19. The van der Waals surface area contributed by atoms with Crippen molar-refractivity contribution in [3.05, 3.63) is 26.9 Å². The van der Waals surface area contributed by atoms with Crippen LogP contribution in [0.25, 0.3) is 6.08 Å². The van der Waals surface area contributed by atoms with Gasteiger partial charge in [-0.15, -0.1) is 11.3 Å². The van der Waals surface area contributed by atoms with Crippen LogP contribution in [0.5, 0.6) is 0 Å². The Morgan fingerprint density at radius 3 is 3.08 bits per heavy atom. The van der Waals surface area contributed by atoms with Gasteiger partial charge in [0.2, 0.25) is 0 Å². The average molecular weight is 261 g/mol. The normalized spacial score (nSPS) is 10.6. The van der Waals surface area contributed by atoms with Crippen molar-refractivity contribution in [2.24, 2.45) is 0 Å². The van der Waals surface area contributed by atoms with Gasteiger partial charge in [-0.25, -0.2) is 4.79 Å². The summed E-state index contributed by atoms with van der Waals surface area (Å²) >= 11 is 4.93. The highest BCUT2D eigenvalue weighted by Crippen LogP contribution is 2.23. The minimum absolute atomic E-state index is 0.303. The first kappa shape index (κ1) is 10.5. The van der Waals surface area contributed by atoms with Gasteiger partial charge in [-0.1, -0.05) is 0 Å². The number of hydrogen-bond acceptors (Lipinski definition) is 3. The summed E-state index contributed by atoms with van der Waals surface area (Å²) in [6, 6.07) is 1.94. The van der Waals surface area contributed by atoms with Gasteiger partial charge in [-0.05, 0) is 40.4 Å². The molecule has 0 aliphatic heterocycles. The quantitative estimate of drug-likeness (QED) is 0.617. The fraction of sp³-hybridized carbons (Fsp3) is 0.222. The molecule has 0 aliphatic rings. The zero-order valence-corrected chi connectivity index (χ0v) is 9.52. The van der Waals surface area contributed by atoms with E-state index < -0.39 is 0 Å². The molecule has 1 rings (SSSR count). The van der Waals surface area contributed by atoms with Crippen molar-refractivity contribution in [2.75, 3.05) is 6.61 Å². The first-order valence-electron chi connectivity index (χ1n) is 3.82. The second-order valence-electron chi connectivity index (χ2n) is 2.22. The maximum absolute atomic E-state index is 10.9. The van der Waals surface area contributed by atoms with Crippen LogP contribution in [0.4, 0.5) is 0 Å². The molecule has 13 heavy (non-hydrogen) atoms. The summed E-state index contributed by atoms with van der Waals surface area (Å²) in [6.45, 7) is 2.20. The molecule has 0 radical (unpaired) electrons. The fourth-order valence-corrected chi connectivity index (χ4v) is 2.16. The van der Waals surface area contributed by atoms with E-state index in [0.717, 1.165) is 9.35 Å². The average Bonchev–Trinajstić information content (AvgIpc) is 2.48. The van der Waals surface area contributed by atoms with Gasteiger partial charge in [-0.3, -0.25) is 0 Å². The molecule has 70 valence electrons. The Morgan fingerprint density at radius 2 is 2.54 bits per heavy atom. The Labute approximate surface area is 89.3 Å². The van der Waals surface area contributed by atoms with E-state index in [1.54, 1.807) is 24.3 Å². The molecular formula is C9H9BrO2S. The van der Waals surface area contributed by atoms with Crippen molar-refractivity contribution >= 4 is 39.3 Å². The van der Waals surface area contributed by atoms with Crippen molar-refractivity contribution in [3.8, 4) is 0 Å². The zero-order chi connectivity index (χ0) is 9.68. The van der Waals surface area contributed by atoms with E-state index >= 15 is 0 Å². The highest BCUT2D eigenvalue weighted by Gasteiger charge is 1.98. The largest absolute Gasteiger partial charge is 0.463 e. The minimum Gasteiger partial charge on any atom is -0.463 e. The summed E-state index contributed by atoms with van der Waals surface area (Å²) in [5, 5.41) is 1.95. The van der Waals surface area contributed by atoms with Gasteiger partial charge in [0.25, 0.3) is 0 Å². The number of carbonyl (C=O) groups is 1. The molecule has 0 saturated heterocycles. The Hall–Kier alpha value is -0.610. The van der Waals surface area contributed by atoms with Crippen LogP contribution in [0, 0.1) is 0 Å². The van der Waals surface area contributed by atoms with Crippen LogP contribution >= 0.6 is 27.3 Å². The van der Waals surface area contributed by atoms with E-state index in [9.17, 15) is 4.79 Å². The van der Waals surface area contributed by atoms with Crippen molar-refractivity contribution in [2.45, 2.75) is 6.92 Å². The molecule has 0 atom stereocenters. The Kier molecular flexibility index (Phi) is 4.18. The Balaban J connectivity index is 2.58. The molecule has 1 aromatic rings. The topological polar surface area (TPSA) is 26.3 Å². The molecular weight excluding hydrogens is 252 g/mol. The summed E-state index contributed by atoms with van der Waals surface area (Å²) in [5.74, 6) is -0.303. The number of carbonyl (C=O) groups excluding carboxylic acids is 1. The third kappa shape index (κ3) is 3.32. The Morgan fingerprint density at radius 1 is 1.77 bits per heavy atom. The van der Waals surface area contributed by atoms with Gasteiger partial charge in [0.05, 0.1) is 6.61 Å². The maximum atomic E-state index is 10.9. The van der Waals surface area contributed by atoms with E-state index in [2.05, 4.69) is 15.9 Å². The van der Waals surface area contributed by atoms with Gasteiger partial charge in [0.1, 0.15) is 0 Å². The molecule has 1 aromatic heterocycles. The fourth-order valence-electron chi connectivity index (χ4n) is 0.758. The zero-order valence-electron chi connectivity index (χ0n) is 7.12. The van der Waals surface area contributed by atoms with Crippen LogP contribution in [-0.4, -0.2) is 12.6 Å². The molecule has 0 spiro atoms. The summed E-state index contributed by atoms with van der Waals surface area (Å²) in [6.07, 6.45) is 3.17. The van der Waals surface area contributed by atoms with E-state index in [0.29, 0.717) is 6.61 Å². The molecule has 0 N–H and O–H groups in total. The van der Waals surface area contributed by atoms with Gasteiger partial charge in [-0.2, -0.15) is 0 Å². The van der Waals surface area contributed by atoms with Gasteiger partial charge < -0.3 is 4.74 Å². The maximum Gasteiger partial charge on any atom is 0.330 e. The van der Waals surface area contributed by atoms with Crippen molar-refractivity contribution in [3.63, 3.8) is 0 Å². The van der Waals surface area contributed by atoms with E-state index in [4.69, 9.17) is 4.74 Å². The first-order valence-corrected chi connectivity index (χ1v) is 5.49. The number of ether oxygens (including phenoxy) is 1. The summed E-state index contributed by atoms with van der Waals surface area (Å²) < 4.78 is 5.74. The lowest BCUT2D eigenvalue weighted by Crippen LogP contribution is -1.98. The molecule has 0 aromatic carbocycles. The number of thiophene rings is 1. The monoisotopic (exact) mass is 260 g/mol. The van der Waals surface area contributed by atoms with Crippen molar-refractivity contribution < 1.29 is 9.53 Å². The predicted molar refractivity (Wildman–Crippen MR) is 57.7 cm³/mol. The van der Waals surface area contributed by atoms with Crippen LogP contribution in [0.3, 0.4) is 0 Å². The highest BCUT2D eigenvalue weighted by atomic mass is 79.9. The summed E-state index contributed by atoms with van der Waals surface area (Å²) in [7, 11) is 0. The lowest BCUT2D eigenvalue weighted by atomic mass is 10.4. The molecule has 0 unspecified atom stereocenters. The van der Waals surface area contributed by atoms with Gasteiger partial charge in [0, 0.05) is 15.4 Å². The summed E-state index contributed by atoms with van der Waals surface area (Å²) in [4.78, 5) is 12.0. The number of esters is 1. The summed E-state index contributed by atoms with van der Waals surface area (Å²) in [5.41, 5.74) is 0. The molecule has 0 amide bonds. The van der Waals surface area contributed by atoms with Crippen LogP contribution in [-0.2, 0) is 9.53 Å². The first-order chi connectivity index (χ1) is 6.24. The van der Waals surface area contributed by atoms with E-state index in [1.165, 1.54) is 6.08 Å². The lowest BCUT2D eigenvalue weighted by molar-refractivity contribution is -0.137. The molecule has 4 heteroatoms. The SMILES string of the molecule is CCOC(=O)C=Cc1sccc1Br. The lowest BCUT2D eigenvalue weighted by Gasteiger charge is -1.93. The minimum atomic E-state index is -0.303. The van der Waals surface area contributed by atoms with Crippen LogP contribution in [0.2, 0.25) is 0 Å². The standard InChI is InChI=1S/C9H9BrO2S/c1-2-12-9(11)4-3-8-7(10)5-6-13-8/h3-6H,2H2,1H3. The number of halogens is 1. The smallest absolute Gasteiger partial charge is 0.330 e.